The van der Waals surface area contributed by atoms with E-state index in [1.807, 2.05) is 0 Å². The molecule has 1 unspecified atom stereocenters. The van der Waals surface area contributed by atoms with E-state index in [0.717, 1.165) is 5.75 Å². The van der Waals surface area contributed by atoms with Gasteiger partial charge >= 0.3 is 0 Å². The molecule has 1 aromatic carbocycles. The molecular weight excluding hydrogens is 248 g/mol. The van der Waals surface area contributed by atoms with Crippen molar-refractivity contribution < 1.29 is 4.74 Å². The molecule has 3 heteroatoms. The maximum absolute atomic E-state index is 6.02. The molecule has 2 aliphatic rings. The molecule has 2 fully saturated rings. The SMILES string of the molecule is NCC(c1ccc(OC2CCCC2)cc1)N1CCCC1. The Kier molecular flexibility index (Phi) is 4.58. The predicted molar refractivity (Wildman–Crippen MR) is 81.9 cm³/mol. The fourth-order valence-corrected chi connectivity index (χ4v) is 3.52. The number of nitrogens with two attached hydrogens (primary N) is 1. The standard InChI is InChI=1S/C17H26N2O/c18-13-17(19-11-3-4-12-19)14-7-9-16(10-8-14)20-15-5-1-2-6-15/h7-10,15,17H,1-6,11-13,18H2. The van der Waals surface area contributed by atoms with E-state index in [0.29, 0.717) is 18.7 Å². The third-order valence-electron chi connectivity index (χ3n) is 4.67. The van der Waals surface area contributed by atoms with Crippen LogP contribution in [0.1, 0.15) is 50.1 Å². The van der Waals surface area contributed by atoms with Crippen LogP contribution in [0.25, 0.3) is 0 Å². The quantitative estimate of drug-likeness (QED) is 0.896. The highest BCUT2D eigenvalue weighted by atomic mass is 16.5. The summed E-state index contributed by atoms with van der Waals surface area (Å²) in [5.74, 6) is 1.01. The van der Waals surface area contributed by atoms with E-state index in [1.165, 1.54) is 57.2 Å². The van der Waals surface area contributed by atoms with Gasteiger partial charge in [-0.15, -0.1) is 0 Å². The van der Waals surface area contributed by atoms with Gasteiger partial charge in [-0.05, 0) is 69.3 Å². The van der Waals surface area contributed by atoms with Gasteiger partial charge in [0.2, 0.25) is 0 Å². The maximum atomic E-state index is 6.02. The Morgan fingerprint density at radius 2 is 1.70 bits per heavy atom. The lowest BCUT2D eigenvalue weighted by molar-refractivity contribution is 0.209. The Labute approximate surface area is 122 Å². The average molecular weight is 274 g/mol. The van der Waals surface area contributed by atoms with Crippen molar-refractivity contribution in [1.82, 2.24) is 4.90 Å². The van der Waals surface area contributed by atoms with Crippen molar-refractivity contribution in [2.45, 2.75) is 50.7 Å². The van der Waals surface area contributed by atoms with Crippen LogP contribution in [0.15, 0.2) is 24.3 Å². The molecule has 3 rings (SSSR count). The van der Waals surface area contributed by atoms with Gasteiger partial charge in [0.15, 0.2) is 0 Å². The number of hydrogen-bond donors (Lipinski definition) is 1. The zero-order valence-electron chi connectivity index (χ0n) is 12.3. The largest absolute Gasteiger partial charge is 0.490 e. The van der Waals surface area contributed by atoms with Crippen LogP contribution >= 0.6 is 0 Å². The molecule has 0 aromatic heterocycles. The number of nitrogens with zero attached hydrogens (tertiary/aromatic N) is 1. The fraction of sp³-hybridized carbons (Fsp3) is 0.647. The highest BCUT2D eigenvalue weighted by molar-refractivity contribution is 5.29. The van der Waals surface area contributed by atoms with Gasteiger partial charge in [0.05, 0.1) is 6.10 Å². The van der Waals surface area contributed by atoms with Crippen molar-refractivity contribution in [1.29, 1.82) is 0 Å². The van der Waals surface area contributed by atoms with Crippen LogP contribution in [0.5, 0.6) is 5.75 Å². The van der Waals surface area contributed by atoms with E-state index >= 15 is 0 Å². The minimum atomic E-state index is 0.373. The molecule has 3 nitrogen and oxygen atoms in total. The van der Waals surface area contributed by atoms with E-state index in [-0.39, 0.29) is 0 Å². The normalized spacial score (nSPS) is 22.2. The Hall–Kier alpha value is -1.06. The first kappa shape index (κ1) is 13.9. The molecule has 1 aromatic rings. The highest BCUT2D eigenvalue weighted by Crippen LogP contribution is 2.28. The summed E-state index contributed by atoms with van der Waals surface area (Å²) in [6, 6.07) is 9.00. The first-order valence-electron chi connectivity index (χ1n) is 8.07. The number of benzene rings is 1. The second-order valence-corrected chi connectivity index (χ2v) is 6.09. The summed E-state index contributed by atoms with van der Waals surface area (Å²) in [5, 5.41) is 0. The van der Waals surface area contributed by atoms with Crippen molar-refractivity contribution in [3.05, 3.63) is 29.8 Å². The average Bonchev–Trinajstić information content (AvgIpc) is 3.15. The predicted octanol–water partition coefficient (Wildman–Crippen LogP) is 3.10. The number of hydrogen-bond acceptors (Lipinski definition) is 3. The molecule has 1 heterocycles. The minimum Gasteiger partial charge on any atom is -0.490 e. The fourth-order valence-electron chi connectivity index (χ4n) is 3.52. The molecule has 1 saturated carbocycles. The zero-order chi connectivity index (χ0) is 13.8. The van der Waals surface area contributed by atoms with Crippen LogP contribution < -0.4 is 10.5 Å². The van der Waals surface area contributed by atoms with Crippen LogP contribution in [-0.2, 0) is 0 Å². The molecule has 0 radical (unpaired) electrons. The van der Waals surface area contributed by atoms with Crippen molar-refractivity contribution >= 4 is 0 Å². The molecule has 1 atom stereocenters. The van der Waals surface area contributed by atoms with Crippen LogP contribution in [0.4, 0.5) is 0 Å². The smallest absolute Gasteiger partial charge is 0.119 e. The molecule has 2 N–H and O–H groups in total. The Morgan fingerprint density at radius 1 is 1.05 bits per heavy atom. The summed E-state index contributed by atoms with van der Waals surface area (Å²) >= 11 is 0. The lowest BCUT2D eigenvalue weighted by Crippen LogP contribution is -2.31. The summed E-state index contributed by atoms with van der Waals surface area (Å²) in [5.41, 5.74) is 7.31. The molecule has 1 aliphatic carbocycles. The van der Waals surface area contributed by atoms with Crippen molar-refractivity contribution in [2.75, 3.05) is 19.6 Å². The minimum absolute atomic E-state index is 0.373. The summed E-state index contributed by atoms with van der Waals surface area (Å²) in [7, 11) is 0. The molecule has 0 spiro atoms. The lowest BCUT2D eigenvalue weighted by Gasteiger charge is -2.26. The second kappa shape index (κ2) is 6.59. The topological polar surface area (TPSA) is 38.5 Å². The van der Waals surface area contributed by atoms with E-state index in [9.17, 15) is 0 Å². The first-order chi connectivity index (χ1) is 9.86. The van der Waals surface area contributed by atoms with Gasteiger partial charge in [0, 0.05) is 12.6 Å². The molecule has 0 bridgehead atoms. The summed E-state index contributed by atoms with van der Waals surface area (Å²) in [4.78, 5) is 2.51. The van der Waals surface area contributed by atoms with E-state index in [4.69, 9.17) is 10.5 Å². The summed E-state index contributed by atoms with van der Waals surface area (Å²) < 4.78 is 6.02. The maximum Gasteiger partial charge on any atom is 0.119 e. The Bertz CT molecular complexity index is 406. The van der Waals surface area contributed by atoms with Gasteiger partial charge in [0.1, 0.15) is 5.75 Å². The van der Waals surface area contributed by atoms with Crippen molar-refractivity contribution in [2.24, 2.45) is 5.73 Å². The van der Waals surface area contributed by atoms with E-state index in [1.54, 1.807) is 0 Å². The van der Waals surface area contributed by atoms with Crippen LogP contribution in [0.2, 0.25) is 0 Å². The van der Waals surface area contributed by atoms with Gasteiger partial charge < -0.3 is 10.5 Å². The van der Waals surface area contributed by atoms with Gasteiger partial charge in [-0.2, -0.15) is 0 Å². The molecule has 1 aliphatic heterocycles. The van der Waals surface area contributed by atoms with Crippen molar-refractivity contribution in [3.63, 3.8) is 0 Å². The lowest BCUT2D eigenvalue weighted by atomic mass is 10.1. The third-order valence-corrected chi connectivity index (χ3v) is 4.67. The van der Waals surface area contributed by atoms with E-state index < -0.39 is 0 Å². The van der Waals surface area contributed by atoms with Gasteiger partial charge in [0.25, 0.3) is 0 Å². The van der Waals surface area contributed by atoms with Crippen LogP contribution in [-0.4, -0.2) is 30.6 Å². The first-order valence-corrected chi connectivity index (χ1v) is 8.07. The van der Waals surface area contributed by atoms with Gasteiger partial charge in [-0.3, -0.25) is 4.90 Å². The van der Waals surface area contributed by atoms with E-state index in [2.05, 4.69) is 29.2 Å². The van der Waals surface area contributed by atoms with Crippen LogP contribution in [0.3, 0.4) is 0 Å². The van der Waals surface area contributed by atoms with Gasteiger partial charge in [-0.25, -0.2) is 0 Å². The highest BCUT2D eigenvalue weighted by Gasteiger charge is 2.22. The molecule has 20 heavy (non-hydrogen) atoms. The number of likely N-dealkylation sites (tertiary alicyclic amines) is 1. The van der Waals surface area contributed by atoms with Gasteiger partial charge in [-0.1, -0.05) is 12.1 Å². The van der Waals surface area contributed by atoms with Crippen LogP contribution in [0, 0.1) is 0 Å². The summed E-state index contributed by atoms with van der Waals surface area (Å²) in [6.07, 6.45) is 8.09. The number of ether oxygens (including phenoxy) is 1. The van der Waals surface area contributed by atoms with Crippen molar-refractivity contribution in [3.8, 4) is 5.75 Å². The second-order valence-electron chi connectivity index (χ2n) is 6.09. The Morgan fingerprint density at radius 3 is 2.30 bits per heavy atom. The molecule has 110 valence electrons. The molecule has 0 amide bonds. The zero-order valence-corrected chi connectivity index (χ0v) is 12.3. The Balaban J connectivity index is 1.64. The third kappa shape index (κ3) is 3.15. The molecular formula is C17H26N2O. The molecule has 1 saturated heterocycles. The monoisotopic (exact) mass is 274 g/mol. The number of rotatable bonds is 5. The summed E-state index contributed by atoms with van der Waals surface area (Å²) in [6.45, 7) is 3.06.